The second-order valence-corrected chi connectivity index (χ2v) is 9.12. The van der Waals surface area contributed by atoms with Crippen LogP contribution in [0.25, 0.3) is 0 Å². The first-order valence-electron chi connectivity index (χ1n) is 11.7. The number of hydrogen-bond acceptors (Lipinski definition) is 4. The van der Waals surface area contributed by atoms with Gasteiger partial charge in [0.2, 0.25) is 5.91 Å². The van der Waals surface area contributed by atoms with E-state index in [-0.39, 0.29) is 36.4 Å². The maximum Gasteiger partial charge on any atom is 0.258 e. The van der Waals surface area contributed by atoms with Gasteiger partial charge in [-0.15, -0.1) is 0 Å². The molecule has 0 radical (unpaired) electrons. The van der Waals surface area contributed by atoms with Crippen LogP contribution >= 0.6 is 11.6 Å². The number of ether oxygens (including phenoxy) is 1. The van der Waals surface area contributed by atoms with E-state index in [0.717, 1.165) is 16.9 Å². The summed E-state index contributed by atoms with van der Waals surface area (Å²) in [6, 6.07) is 21.2. The number of amides is 3. The second kappa shape index (κ2) is 10.8. The third-order valence-electron chi connectivity index (χ3n) is 6.28. The Balaban J connectivity index is 1.64. The van der Waals surface area contributed by atoms with Crippen LogP contribution < -0.4 is 19.9 Å². The molecule has 3 amide bonds. The summed E-state index contributed by atoms with van der Waals surface area (Å²) in [7, 11) is 1.54. The number of para-hydroxylation sites is 1. The zero-order chi connectivity index (χ0) is 25.8. The Morgan fingerprint density at radius 1 is 1.03 bits per heavy atom. The van der Waals surface area contributed by atoms with Crippen molar-refractivity contribution in [1.29, 1.82) is 0 Å². The summed E-state index contributed by atoms with van der Waals surface area (Å²) in [6.45, 7) is 3.44. The van der Waals surface area contributed by atoms with Gasteiger partial charge in [0.05, 0.1) is 6.04 Å². The predicted octanol–water partition coefficient (Wildman–Crippen LogP) is 5.00. The minimum absolute atomic E-state index is 0.0866. The smallest absolute Gasteiger partial charge is 0.258 e. The van der Waals surface area contributed by atoms with E-state index in [1.807, 2.05) is 43.3 Å². The number of carbonyl (C=O) groups excluding carboxylic acids is 3. The lowest BCUT2D eigenvalue weighted by Crippen LogP contribution is -2.47. The molecule has 36 heavy (non-hydrogen) atoms. The average molecular weight is 506 g/mol. The normalized spacial score (nSPS) is 16.6. The first-order chi connectivity index (χ1) is 17.3. The number of anilines is 2. The van der Waals surface area contributed by atoms with E-state index in [9.17, 15) is 14.4 Å². The molecule has 0 saturated carbocycles. The highest BCUT2D eigenvalue weighted by molar-refractivity contribution is 6.30. The van der Waals surface area contributed by atoms with Crippen molar-refractivity contribution in [3.8, 4) is 5.75 Å². The molecule has 0 unspecified atom stereocenters. The number of nitrogens with zero attached hydrogens (tertiary/aromatic N) is 2. The highest BCUT2D eigenvalue weighted by Crippen LogP contribution is 2.42. The molecule has 7 nitrogen and oxygen atoms in total. The van der Waals surface area contributed by atoms with Gasteiger partial charge in [-0.1, -0.05) is 29.8 Å². The molecule has 2 atom stereocenters. The van der Waals surface area contributed by atoms with Gasteiger partial charge in [-0.05, 0) is 73.5 Å². The van der Waals surface area contributed by atoms with E-state index in [2.05, 4.69) is 5.32 Å². The first-order valence-corrected chi connectivity index (χ1v) is 12.1. The average Bonchev–Trinajstić information content (AvgIpc) is 2.88. The lowest BCUT2D eigenvalue weighted by molar-refractivity contribution is -0.122. The fourth-order valence-corrected chi connectivity index (χ4v) is 4.70. The summed E-state index contributed by atoms with van der Waals surface area (Å²) < 4.78 is 5.45. The van der Waals surface area contributed by atoms with Crippen LogP contribution in [0.3, 0.4) is 0 Å². The maximum absolute atomic E-state index is 13.6. The van der Waals surface area contributed by atoms with Crippen LogP contribution in [-0.4, -0.2) is 37.4 Å². The van der Waals surface area contributed by atoms with E-state index >= 15 is 0 Å². The quantitative estimate of drug-likeness (QED) is 0.511. The molecule has 0 spiro atoms. The topological polar surface area (TPSA) is 79.0 Å². The molecule has 3 aromatic carbocycles. The van der Waals surface area contributed by atoms with Crippen molar-refractivity contribution in [2.24, 2.45) is 0 Å². The van der Waals surface area contributed by atoms with Gasteiger partial charge in [-0.2, -0.15) is 0 Å². The van der Waals surface area contributed by atoms with Crippen LogP contribution in [0.15, 0.2) is 72.8 Å². The largest absolute Gasteiger partial charge is 0.484 e. The van der Waals surface area contributed by atoms with Gasteiger partial charge in [-0.3, -0.25) is 14.4 Å². The number of fused-ring (bicyclic) bond motifs is 1. The van der Waals surface area contributed by atoms with E-state index in [4.69, 9.17) is 16.3 Å². The summed E-state index contributed by atoms with van der Waals surface area (Å²) in [5.41, 5.74) is 2.93. The molecule has 0 saturated heterocycles. The molecule has 1 heterocycles. The summed E-state index contributed by atoms with van der Waals surface area (Å²) in [6.07, 6.45) is 0.568. The summed E-state index contributed by atoms with van der Waals surface area (Å²) in [5.74, 6) is 0.0348. The lowest BCUT2D eigenvalue weighted by Gasteiger charge is -2.43. The van der Waals surface area contributed by atoms with Crippen LogP contribution in [0.2, 0.25) is 5.02 Å². The molecule has 1 N–H and O–H groups in total. The van der Waals surface area contributed by atoms with E-state index < -0.39 is 0 Å². The maximum atomic E-state index is 13.6. The highest BCUT2D eigenvalue weighted by atomic mass is 35.5. The molecular weight excluding hydrogens is 478 g/mol. The third-order valence-corrected chi connectivity index (χ3v) is 6.54. The van der Waals surface area contributed by atoms with Gasteiger partial charge in [-0.25, -0.2) is 0 Å². The molecule has 0 aliphatic carbocycles. The number of carbonyl (C=O) groups is 3. The van der Waals surface area contributed by atoms with Crippen LogP contribution in [0.1, 0.15) is 42.2 Å². The van der Waals surface area contributed by atoms with Gasteiger partial charge in [0, 0.05) is 42.0 Å². The van der Waals surface area contributed by atoms with Crippen LogP contribution in [-0.2, 0) is 9.59 Å². The Kier molecular flexibility index (Phi) is 7.60. The zero-order valence-corrected chi connectivity index (χ0v) is 21.2. The molecule has 8 heteroatoms. The van der Waals surface area contributed by atoms with Crippen LogP contribution in [0, 0.1) is 0 Å². The van der Waals surface area contributed by atoms with Crippen molar-refractivity contribution in [3.05, 3.63) is 88.9 Å². The van der Waals surface area contributed by atoms with Crippen molar-refractivity contribution < 1.29 is 19.1 Å². The monoisotopic (exact) mass is 505 g/mol. The van der Waals surface area contributed by atoms with E-state index in [1.54, 1.807) is 60.2 Å². The minimum atomic E-state index is -0.237. The van der Waals surface area contributed by atoms with Crippen molar-refractivity contribution in [2.45, 2.75) is 32.4 Å². The Morgan fingerprint density at radius 3 is 2.33 bits per heavy atom. The number of rotatable bonds is 6. The molecule has 186 valence electrons. The molecule has 3 aromatic rings. The summed E-state index contributed by atoms with van der Waals surface area (Å²) in [4.78, 5) is 41.4. The fraction of sp³-hybridized carbons (Fsp3) is 0.250. The number of hydrogen-bond donors (Lipinski definition) is 1. The van der Waals surface area contributed by atoms with Crippen molar-refractivity contribution >= 4 is 40.7 Å². The molecule has 0 aromatic heterocycles. The first kappa shape index (κ1) is 25.3. The van der Waals surface area contributed by atoms with Crippen molar-refractivity contribution in [2.75, 3.05) is 23.5 Å². The molecular formula is C28H28ClN3O4. The number of likely N-dealkylation sites (N-methyl/N-ethyl adjacent to an activating group) is 1. The molecule has 0 fully saturated rings. The second-order valence-electron chi connectivity index (χ2n) is 8.69. The lowest BCUT2D eigenvalue weighted by atomic mass is 9.89. The van der Waals surface area contributed by atoms with Crippen LogP contribution in [0.4, 0.5) is 11.4 Å². The van der Waals surface area contributed by atoms with Crippen molar-refractivity contribution in [1.82, 2.24) is 5.32 Å². The predicted molar refractivity (Wildman–Crippen MR) is 141 cm³/mol. The summed E-state index contributed by atoms with van der Waals surface area (Å²) in [5, 5.41) is 3.10. The Labute approximate surface area is 215 Å². The molecule has 4 rings (SSSR count). The van der Waals surface area contributed by atoms with Gasteiger partial charge in [0.1, 0.15) is 5.75 Å². The van der Waals surface area contributed by atoms with E-state index in [0.29, 0.717) is 22.8 Å². The standard InChI is InChI=1S/C28H28ClN3O4/c1-18-16-26(32(19(2)33)22-12-10-21(29)11-13-22)24-6-4-5-7-25(24)31(18)28(35)20-8-14-23(15-9-20)36-17-27(34)30-3/h4-15,18,26H,16-17H2,1-3H3,(H,30,34)/t18-,26+/m0/s1. The van der Waals surface area contributed by atoms with Gasteiger partial charge in [0.25, 0.3) is 11.8 Å². The Morgan fingerprint density at radius 2 is 1.69 bits per heavy atom. The minimum Gasteiger partial charge on any atom is -0.484 e. The van der Waals surface area contributed by atoms with Crippen molar-refractivity contribution in [3.63, 3.8) is 0 Å². The molecule has 1 aliphatic heterocycles. The highest BCUT2D eigenvalue weighted by Gasteiger charge is 2.38. The molecule has 0 bridgehead atoms. The number of benzene rings is 3. The third kappa shape index (κ3) is 5.21. The number of nitrogens with one attached hydrogen (secondary N) is 1. The SMILES string of the molecule is CNC(=O)COc1ccc(C(=O)N2c3ccccc3[C@H](N(C(C)=O)c3ccc(Cl)cc3)C[C@@H]2C)cc1. The van der Waals surface area contributed by atoms with Crippen LogP contribution in [0.5, 0.6) is 5.75 Å². The van der Waals surface area contributed by atoms with Gasteiger partial charge in [0.15, 0.2) is 6.61 Å². The Hall–Kier alpha value is -3.84. The van der Waals surface area contributed by atoms with Gasteiger partial charge < -0.3 is 19.9 Å². The number of halogens is 1. The Bertz CT molecular complexity index is 1260. The fourth-order valence-electron chi connectivity index (χ4n) is 4.57. The summed E-state index contributed by atoms with van der Waals surface area (Å²) >= 11 is 6.07. The molecule has 1 aliphatic rings. The van der Waals surface area contributed by atoms with Gasteiger partial charge >= 0.3 is 0 Å². The van der Waals surface area contributed by atoms with E-state index in [1.165, 1.54) is 0 Å². The zero-order valence-electron chi connectivity index (χ0n) is 20.4.